The molecule has 0 radical (unpaired) electrons. The Balaban J connectivity index is 3.38. The molecule has 0 spiro atoms. The molecule has 2 unspecified atom stereocenters. The molecule has 0 aromatic heterocycles. The van der Waals surface area contributed by atoms with Crippen molar-refractivity contribution in [3.8, 4) is 0 Å². The fourth-order valence-corrected chi connectivity index (χ4v) is 9.78. The number of hydrogen-bond donors (Lipinski definition) is 3. The number of nitrogens with one attached hydrogen (secondary N) is 1. The lowest BCUT2D eigenvalue weighted by atomic mass is 10.0. The molecule has 6 nitrogen and oxygen atoms in total. The van der Waals surface area contributed by atoms with Gasteiger partial charge in [-0.25, -0.2) is 0 Å². The lowest BCUT2D eigenvalue weighted by Gasteiger charge is -2.22. The molecule has 0 aliphatic rings. The highest BCUT2D eigenvalue weighted by Crippen LogP contribution is 2.17. The SMILES string of the molecule is CCCCC/C=C\C/C=C\CCCCCCCCCC(=O)OCCCCCCCCCCCCCC/C=C\CCCCCCCCCCCC(=O)NC(CO)C(O)CCCCCCCCCCCCCC. The van der Waals surface area contributed by atoms with E-state index in [-0.39, 0.29) is 18.5 Å². The van der Waals surface area contributed by atoms with Gasteiger partial charge in [0.15, 0.2) is 0 Å². The van der Waals surface area contributed by atoms with Crippen LogP contribution in [-0.4, -0.2) is 47.4 Å². The summed E-state index contributed by atoms with van der Waals surface area (Å²) in [6.07, 6.45) is 75.9. The minimum atomic E-state index is -0.665. The van der Waals surface area contributed by atoms with E-state index in [9.17, 15) is 19.8 Å². The molecule has 0 aromatic rings. The maximum atomic E-state index is 12.5. The van der Waals surface area contributed by atoms with Gasteiger partial charge in [0.05, 0.1) is 25.4 Å². The molecular weight excluding hydrogens is 875 g/mol. The fraction of sp³-hybridized carbons (Fsp3) is 0.877. The summed E-state index contributed by atoms with van der Waals surface area (Å²) in [5, 5.41) is 23.2. The van der Waals surface area contributed by atoms with Gasteiger partial charge < -0.3 is 20.3 Å². The Morgan fingerprint density at radius 1 is 0.394 bits per heavy atom. The standard InChI is InChI=1S/C65H123NO5/c1-3-5-7-9-11-13-15-17-18-28-32-35-39-43-47-51-55-59-65(70)71-60-56-52-48-44-40-36-33-30-27-25-23-21-19-20-22-24-26-29-31-34-38-42-46-50-54-58-64(69)66-62(61-67)63(68)57-53-49-45-41-37-16-14-12-10-8-6-4-2/h11,13,17-18,20,22,62-63,67-68H,3-10,12,14-16,19,21,23-61H2,1-2H3,(H,66,69)/b13-11-,18-17-,22-20-. The number of rotatable bonds is 59. The van der Waals surface area contributed by atoms with E-state index in [0.29, 0.717) is 25.9 Å². The van der Waals surface area contributed by atoms with Crippen molar-refractivity contribution < 1.29 is 24.5 Å². The Hall–Kier alpha value is -1.92. The normalized spacial score (nSPS) is 12.8. The van der Waals surface area contributed by atoms with E-state index in [1.807, 2.05) is 0 Å². The van der Waals surface area contributed by atoms with Crippen LogP contribution in [0.5, 0.6) is 0 Å². The number of ether oxygens (including phenoxy) is 1. The molecule has 0 aliphatic heterocycles. The Morgan fingerprint density at radius 2 is 0.704 bits per heavy atom. The van der Waals surface area contributed by atoms with Gasteiger partial charge in [-0.05, 0) is 83.5 Å². The van der Waals surface area contributed by atoms with Crippen molar-refractivity contribution in [1.29, 1.82) is 0 Å². The van der Waals surface area contributed by atoms with Crippen LogP contribution in [0.2, 0.25) is 0 Å². The van der Waals surface area contributed by atoms with Crippen molar-refractivity contribution in [3.63, 3.8) is 0 Å². The third-order valence-corrected chi connectivity index (χ3v) is 14.7. The van der Waals surface area contributed by atoms with Gasteiger partial charge in [0, 0.05) is 12.8 Å². The first-order valence-electron chi connectivity index (χ1n) is 31.7. The molecule has 1 amide bonds. The smallest absolute Gasteiger partial charge is 0.305 e. The Kier molecular flexibility index (Phi) is 59.0. The lowest BCUT2D eigenvalue weighted by molar-refractivity contribution is -0.143. The number of hydrogen-bond acceptors (Lipinski definition) is 5. The molecule has 3 N–H and O–H groups in total. The van der Waals surface area contributed by atoms with Crippen molar-refractivity contribution in [2.24, 2.45) is 0 Å². The van der Waals surface area contributed by atoms with Crippen LogP contribution >= 0.6 is 0 Å². The molecule has 0 aliphatic carbocycles. The number of amides is 1. The van der Waals surface area contributed by atoms with Gasteiger partial charge in [0.25, 0.3) is 0 Å². The largest absolute Gasteiger partial charge is 0.466 e. The topological polar surface area (TPSA) is 95.9 Å². The molecule has 0 fully saturated rings. The average molecular weight is 999 g/mol. The van der Waals surface area contributed by atoms with Crippen LogP contribution in [0.15, 0.2) is 36.5 Å². The zero-order valence-corrected chi connectivity index (χ0v) is 47.7. The fourth-order valence-electron chi connectivity index (χ4n) is 9.78. The minimum absolute atomic E-state index is 0.00574. The maximum absolute atomic E-state index is 12.5. The first-order chi connectivity index (χ1) is 35.0. The third kappa shape index (κ3) is 57.2. The highest BCUT2D eigenvalue weighted by atomic mass is 16.5. The van der Waals surface area contributed by atoms with E-state index in [2.05, 4.69) is 55.6 Å². The molecule has 0 bridgehead atoms. The number of aliphatic hydroxyl groups excluding tert-OH is 2. The van der Waals surface area contributed by atoms with Gasteiger partial charge in [-0.15, -0.1) is 0 Å². The second-order valence-electron chi connectivity index (χ2n) is 21.7. The first-order valence-corrected chi connectivity index (χ1v) is 31.7. The number of carbonyl (C=O) groups excluding carboxylic acids is 2. The highest BCUT2D eigenvalue weighted by Gasteiger charge is 2.20. The summed E-state index contributed by atoms with van der Waals surface area (Å²) in [7, 11) is 0. The quantitative estimate of drug-likeness (QED) is 0.0321. The molecule has 0 aromatic carbocycles. The minimum Gasteiger partial charge on any atom is -0.466 e. The monoisotopic (exact) mass is 998 g/mol. The van der Waals surface area contributed by atoms with Crippen molar-refractivity contribution in [3.05, 3.63) is 36.5 Å². The average Bonchev–Trinajstić information content (AvgIpc) is 3.37. The highest BCUT2D eigenvalue weighted by molar-refractivity contribution is 5.76. The van der Waals surface area contributed by atoms with Crippen LogP contribution in [0, 0.1) is 0 Å². The number of aliphatic hydroxyl groups is 2. The van der Waals surface area contributed by atoms with Gasteiger partial charge in [-0.2, -0.15) is 0 Å². The molecule has 2 atom stereocenters. The lowest BCUT2D eigenvalue weighted by Crippen LogP contribution is -2.45. The van der Waals surface area contributed by atoms with Crippen LogP contribution in [0.3, 0.4) is 0 Å². The van der Waals surface area contributed by atoms with Crippen LogP contribution in [0.25, 0.3) is 0 Å². The summed E-state index contributed by atoms with van der Waals surface area (Å²) in [5.74, 6) is -0.0321. The molecule has 0 saturated heterocycles. The van der Waals surface area contributed by atoms with E-state index in [0.717, 1.165) is 51.4 Å². The molecule has 71 heavy (non-hydrogen) atoms. The van der Waals surface area contributed by atoms with E-state index >= 15 is 0 Å². The predicted octanol–water partition coefficient (Wildman–Crippen LogP) is 20.0. The van der Waals surface area contributed by atoms with E-state index in [4.69, 9.17) is 4.74 Å². The van der Waals surface area contributed by atoms with E-state index < -0.39 is 12.1 Å². The second kappa shape index (κ2) is 60.6. The Labute approximate surface area is 443 Å². The summed E-state index contributed by atoms with van der Waals surface area (Å²) in [6.45, 7) is 4.93. The van der Waals surface area contributed by atoms with Gasteiger partial charge >= 0.3 is 5.97 Å². The summed E-state index contributed by atoms with van der Waals surface area (Å²) < 4.78 is 5.49. The number of unbranched alkanes of at least 4 members (excludes halogenated alkanes) is 42. The molecular formula is C65H123NO5. The van der Waals surface area contributed by atoms with Crippen molar-refractivity contribution >= 4 is 11.9 Å². The van der Waals surface area contributed by atoms with E-state index in [1.165, 1.54) is 257 Å². The first kappa shape index (κ1) is 69.1. The Bertz CT molecular complexity index is 1150. The number of carbonyl (C=O) groups is 2. The predicted molar refractivity (Wildman–Crippen MR) is 310 cm³/mol. The molecule has 0 heterocycles. The van der Waals surface area contributed by atoms with Gasteiger partial charge in [0.2, 0.25) is 5.91 Å². The van der Waals surface area contributed by atoms with Crippen LogP contribution in [-0.2, 0) is 14.3 Å². The molecule has 418 valence electrons. The van der Waals surface area contributed by atoms with Crippen molar-refractivity contribution in [2.75, 3.05) is 13.2 Å². The number of allylic oxidation sites excluding steroid dienone is 6. The van der Waals surface area contributed by atoms with Crippen LogP contribution in [0.1, 0.15) is 341 Å². The molecule has 0 saturated carbocycles. The van der Waals surface area contributed by atoms with Crippen LogP contribution < -0.4 is 5.32 Å². The summed E-state index contributed by atoms with van der Waals surface area (Å²) in [5.41, 5.74) is 0. The Morgan fingerprint density at radius 3 is 1.11 bits per heavy atom. The summed E-state index contributed by atoms with van der Waals surface area (Å²) >= 11 is 0. The zero-order chi connectivity index (χ0) is 51.4. The van der Waals surface area contributed by atoms with Crippen LogP contribution in [0.4, 0.5) is 0 Å². The van der Waals surface area contributed by atoms with E-state index in [1.54, 1.807) is 0 Å². The summed E-state index contributed by atoms with van der Waals surface area (Å²) in [4.78, 5) is 24.5. The third-order valence-electron chi connectivity index (χ3n) is 14.7. The van der Waals surface area contributed by atoms with Crippen molar-refractivity contribution in [2.45, 2.75) is 353 Å². The van der Waals surface area contributed by atoms with Gasteiger partial charge in [0.1, 0.15) is 0 Å². The van der Waals surface area contributed by atoms with Crippen molar-refractivity contribution in [1.82, 2.24) is 5.32 Å². The maximum Gasteiger partial charge on any atom is 0.305 e. The second-order valence-corrected chi connectivity index (χ2v) is 21.7. The molecule has 0 rings (SSSR count). The molecule has 6 heteroatoms. The van der Waals surface area contributed by atoms with Gasteiger partial charge in [-0.1, -0.05) is 281 Å². The summed E-state index contributed by atoms with van der Waals surface area (Å²) in [6, 6.07) is -0.543. The zero-order valence-electron chi connectivity index (χ0n) is 47.7. The number of esters is 1. The van der Waals surface area contributed by atoms with Gasteiger partial charge in [-0.3, -0.25) is 9.59 Å².